The summed E-state index contributed by atoms with van der Waals surface area (Å²) in [5.41, 5.74) is 1.69. The van der Waals surface area contributed by atoms with Crippen LogP contribution < -0.4 is 0 Å². The maximum absolute atomic E-state index is 5.47. The molecule has 22 heavy (non-hydrogen) atoms. The van der Waals surface area contributed by atoms with Crippen LogP contribution in [0.25, 0.3) is 0 Å². The molecule has 0 N–H and O–H groups in total. The Labute approximate surface area is 135 Å². The molecule has 2 aliphatic heterocycles. The normalized spacial score (nSPS) is 22.0. The summed E-state index contributed by atoms with van der Waals surface area (Å²) in [5.74, 6) is 1.08. The quantitative estimate of drug-likeness (QED) is 0.866. The Morgan fingerprint density at radius 1 is 1.23 bits per heavy atom. The van der Waals surface area contributed by atoms with Crippen LogP contribution in [0.1, 0.15) is 35.7 Å². The van der Waals surface area contributed by atoms with Crippen molar-refractivity contribution in [2.45, 2.75) is 44.8 Å². The fourth-order valence-electron chi connectivity index (χ4n) is 3.83. The second-order valence-corrected chi connectivity index (χ2v) is 7.67. The fourth-order valence-corrected chi connectivity index (χ4v) is 4.43. The minimum absolute atomic E-state index is 0.442. The van der Waals surface area contributed by atoms with Crippen molar-refractivity contribution in [3.8, 4) is 0 Å². The van der Waals surface area contributed by atoms with Gasteiger partial charge in [-0.2, -0.15) is 0 Å². The van der Waals surface area contributed by atoms with E-state index in [0.717, 1.165) is 18.8 Å². The number of rotatable bonds is 4. The minimum atomic E-state index is 0.442. The molecule has 0 bridgehead atoms. The highest BCUT2D eigenvalue weighted by Gasteiger charge is 2.46. The van der Waals surface area contributed by atoms with Gasteiger partial charge in [-0.05, 0) is 38.3 Å². The van der Waals surface area contributed by atoms with E-state index in [4.69, 9.17) is 4.42 Å². The maximum Gasteiger partial charge on any atom is 0.117 e. The third-order valence-corrected chi connectivity index (χ3v) is 6.11. The predicted octanol–water partition coefficient (Wildman–Crippen LogP) is 3.29. The van der Waals surface area contributed by atoms with E-state index in [9.17, 15) is 0 Å². The second-order valence-electron chi connectivity index (χ2n) is 6.61. The summed E-state index contributed by atoms with van der Waals surface area (Å²) in [5, 5.41) is 3.39. The first-order chi connectivity index (χ1) is 10.7. The van der Waals surface area contributed by atoms with Gasteiger partial charge in [-0.15, -0.1) is 11.3 Å². The number of aromatic nitrogens is 1. The zero-order chi connectivity index (χ0) is 15.0. The van der Waals surface area contributed by atoms with E-state index in [2.05, 4.69) is 33.2 Å². The van der Waals surface area contributed by atoms with Gasteiger partial charge in [0.15, 0.2) is 0 Å². The molecule has 0 saturated carbocycles. The molecule has 4 heterocycles. The van der Waals surface area contributed by atoms with Gasteiger partial charge in [-0.25, -0.2) is 4.98 Å². The Morgan fingerprint density at radius 3 is 2.64 bits per heavy atom. The van der Waals surface area contributed by atoms with E-state index in [1.165, 1.54) is 49.6 Å². The molecule has 118 valence electrons. The molecule has 0 amide bonds. The van der Waals surface area contributed by atoms with Crippen molar-refractivity contribution in [2.75, 3.05) is 19.6 Å². The summed E-state index contributed by atoms with van der Waals surface area (Å²) in [6.45, 7) is 7.65. The van der Waals surface area contributed by atoms with E-state index in [1.807, 2.05) is 6.07 Å². The molecule has 0 aliphatic carbocycles. The summed E-state index contributed by atoms with van der Waals surface area (Å²) < 4.78 is 5.47. The molecule has 4 nitrogen and oxygen atoms in total. The molecule has 4 rings (SSSR count). The average Bonchev–Trinajstić information content (AvgIpc) is 3.16. The van der Waals surface area contributed by atoms with Crippen LogP contribution in [-0.2, 0) is 13.1 Å². The van der Waals surface area contributed by atoms with Crippen molar-refractivity contribution in [3.63, 3.8) is 0 Å². The van der Waals surface area contributed by atoms with Crippen molar-refractivity contribution in [2.24, 2.45) is 0 Å². The van der Waals surface area contributed by atoms with E-state index < -0.39 is 0 Å². The highest BCUT2D eigenvalue weighted by molar-refractivity contribution is 7.09. The maximum atomic E-state index is 5.47. The molecular weight excluding hydrogens is 294 g/mol. The Kier molecular flexibility index (Phi) is 3.80. The summed E-state index contributed by atoms with van der Waals surface area (Å²) in [6.07, 6.45) is 5.67. The predicted molar refractivity (Wildman–Crippen MR) is 87.8 cm³/mol. The standard InChI is InChI=1S/C17H23N3OS/c1-14-18-15(13-22-14)11-20-9-6-17(20)4-7-19(8-5-17)12-16-3-2-10-21-16/h2-3,10,13H,4-9,11-12H2,1H3. The Bertz CT molecular complexity index is 614. The molecular formula is C17H23N3OS. The van der Waals surface area contributed by atoms with Crippen LogP contribution in [0.2, 0.25) is 0 Å². The molecule has 0 unspecified atom stereocenters. The number of furan rings is 1. The van der Waals surface area contributed by atoms with Crippen LogP contribution in [0.5, 0.6) is 0 Å². The third kappa shape index (κ3) is 2.73. The lowest BCUT2D eigenvalue weighted by Crippen LogP contribution is -2.63. The molecule has 2 fully saturated rings. The van der Waals surface area contributed by atoms with Crippen LogP contribution >= 0.6 is 11.3 Å². The van der Waals surface area contributed by atoms with Crippen LogP contribution in [0.15, 0.2) is 28.2 Å². The van der Waals surface area contributed by atoms with Gasteiger partial charge in [0.25, 0.3) is 0 Å². The van der Waals surface area contributed by atoms with Crippen LogP contribution in [0.3, 0.4) is 0 Å². The topological polar surface area (TPSA) is 32.5 Å². The molecule has 2 aromatic rings. The number of aryl methyl sites for hydroxylation is 1. The van der Waals surface area contributed by atoms with Crippen LogP contribution in [0.4, 0.5) is 0 Å². The molecule has 0 aromatic carbocycles. The largest absolute Gasteiger partial charge is 0.468 e. The van der Waals surface area contributed by atoms with Crippen LogP contribution in [0, 0.1) is 6.92 Å². The fraction of sp³-hybridized carbons (Fsp3) is 0.588. The van der Waals surface area contributed by atoms with Gasteiger partial charge in [-0.1, -0.05) is 0 Å². The summed E-state index contributed by atoms with van der Waals surface area (Å²) in [7, 11) is 0. The lowest BCUT2D eigenvalue weighted by molar-refractivity contribution is -0.0671. The highest BCUT2D eigenvalue weighted by atomic mass is 32.1. The number of thiazole rings is 1. The molecule has 2 aliphatic rings. The number of hydrogen-bond donors (Lipinski definition) is 0. The molecule has 1 spiro atoms. The Morgan fingerprint density at radius 2 is 2.05 bits per heavy atom. The van der Waals surface area contributed by atoms with E-state index in [1.54, 1.807) is 17.6 Å². The van der Waals surface area contributed by atoms with Crippen LogP contribution in [-0.4, -0.2) is 40.0 Å². The first kappa shape index (κ1) is 14.4. The lowest BCUT2D eigenvalue weighted by atomic mass is 9.76. The SMILES string of the molecule is Cc1nc(CN2CCC23CCN(Cc2ccco2)CC3)cs1. The number of hydrogen-bond acceptors (Lipinski definition) is 5. The zero-order valence-electron chi connectivity index (χ0n) is 13.1. The minimum Gasteiger partial charge on any atom is -0.468 e. The van der Waals surface area contributed by atoms with Crippen molar-refractivity contribution in [1.29, 1.82) is 0 Å². The Hall–Kier alpha value is -1.17. The first-order valence-corrected chi connectivity index (χ1v) is 9.02. The first-order valence-electron chi connectivity index (χ1n) is 8.14. The lowest BCUT2D eigenvalue weighted by Gasteiger charge is -2.56. The summed E-state index contributed by atoms with van der Waals surface area (Å²) >= 11 is 1.76. The zero-order valence-corrected chi connectivity index (χ0v) is 13.9. The highest BCUT2D eigenvalue weighted by Crippen LogP contribution is 2.41. The van der Waals surface area contributed by atoms with Gasteiger partial charge >= 0.3 is 0 Å². The number of likely N-dealkylation sites (tertiary alicyclic amines) is 2. The molecule has 5 heteroatoms. The van der Waals surface area contributed by atoms with Crippen molar-refractivity contribution < 1.29 is 4.42 Å². The van der Waals surface area contributed by atoms with Crippen molar-refractivity contribution >= 4 is 11.3 Å². The van der Waals surface area contributed by atoms with Gasteiger partial charge in [0, 0.05) is 37.1 Å². The van der Waals surface area contributed by atoms with Gasteiger partial charge in [0.05, 0.1) is 23.5 Å². The average molecular weight is 317 g/mol. The van der Waals surface area contributed by atoms with E-state index in [0.29, 0.717) is 5.54 Å². The number of piperidine rings is 1. The third-order valence-electron chi connectivity index (χ3n) is 5.28. The van der Waals surface area contributed by atoms with Crippen molar-refractivity contribution in [3.05, 3.63) is 40.2 Å². The molecule has 0 radical (unpaired) electrons. The molecule has 2 saturated heterocycles. The van der Waals surface area contributed by atoms with Gasteiger partial charge < -0.3 is 4.42 Å². The monoisotopic (exact) mass is 317 g/mol. The molecule has 0 atom stereocenters. The number of nitrogens with zero attached hydrogens (tertiary/aromatic N) is 3. The van der Waals surface area contributed by atoms with E-state index >= 15 is 0 Å². The van der Waals surface area contributed by atoms with Gasteiger partial charge in [0.2, 0.25) is 0 Å². The van der Waals surface area contributed by atoms with Gasteiger partial charge in [-0.3, -0.25) is 9.80 Å². The summed E-state index contributed by atoms with van der Waals surface area (Å²) in [6, 6.07) is 4.05. The van der Waals surface area contributed by atoms with Crippen molar-refractivity contribution in [1.82, 2.24) is 14.8 Å². The smallest absolute Gasteiger partial charge is 0.117 e. The van der Waals surface area contributed by atoms with Gasteiger partial charge in [0.1, 0.15) is 5.76 Å². The summed E-state index contributed by atoms with van der Waals surface area (Å²) in [4.78, 5) is 9.81. The molecule has 2 aromatic heterocycles. The van der Waals surface area contributed by atoms with E-state index in [-0.39, 0.29) is 0 Å². The second kappa shape index (κ2) is 5.80. The Balaban J connectivity index is 1.34.